The summed E-state index contributed by atoms with van der Waals surface area (Å²) in [6.45, 7) is 5.82. The van der Waals surface area contributed by atoms with Crippen molar-refractivity contribution in [3.05, 3.63) is 45.9 Å². The van der Waals surface area contributed by atoms with E-state index >= 15 is 0 Å². The Kier molecular flexibility index (Phi) is 4.77. The quantitative estimate of drug-likeness (QED) is 0.637. The zero-order chi connectivity index (χ0) is 17.9. The Labute approximate surface area is 139 Å². The van der Waals surface area contributed by atoms with Crippen LogP contribution in [0.15, 0.2) is 24.3 Å². The van der Waals surface area contributed by atoms with Crippen molar-refractivity contribution in [3.8, 4) is 22.9 Å². The fraction of sp³-hybridized carbons (Fsp3) is 0.133. The van der Waals surface area contributed by atoms with Crippen LogP contribution < -0.4 is 10.5 Å². The molecular formula is C15H9F3N4OS. The molecule has 0 radical (unpaired) electrons. The van der Waals surface area contributed by atoms with E-state index in [4.69, 9.17) is 24.5 Å². The van der Waals surface area contributed by atoms with Crippen LogP contribution in [0, 0.1) is 22.5 Å². The summed E-state index contributed by atoms with van der Waals surface area (Å²) in [7, 11) is 0. The highest BCUT2D eigenvalue weighted by atomic mass is 32.1. The summed E-state index contributed by atoms with van der Waals surface area (Å²) in [6.07, 6.45) is -4.44. The minimum atomic E-state index is -4.44. The SMILES string of the molecule is [C-]#[N+]c1c(N)[nH]c(=S)c(C#N)c1-c1ccc(OCC(F)(F)F)cc1. The number of rotatable bonds is 3. The molecular weight excluding hydrogens is 341 g/mol. The van der Waals surface area contributed by atoms with Crippen molar-refractivity contribution in [2.24, 2.45) is 0 Å². The largest absolute Gasteiger partial charge is 0.484 e. The Morgan fingerprint density at radius 2 is 1.96 bits per heavy atom. The molecule has 9 heteroatoms. The first-order chi connectivity index (χ1) is 11.3. The number of ether oxygens (including phenoxy) is 1. The van der Waals surface area contributed by atoms with E-state index in [0.717, 1.165) is 0 Å². The lowest BCUT2D eigenvalue weighted by molar-refractivity contribution is -0.153. The van der Waals surface area contributed by atoms with Gasteiger partial charge in [-0.15, -0.1) is 0 Å². The number of pyridine rings is 1. The van der Waals surface area contributed by atoms with Gasteiger partial charge in [0.15, 0.2) is 6.61 Å². The maximum Gasteiger partial charge on any atom is 0.422 e. The third-order valence-electron chi connectivity index (χ3n) is 2.99. The first-order valence-corrected chi connectivity index (χ1v) is 6.81. The van der Waals surface area contributed by atoms with Gasteiger partial charge in [-0.25, -0.2) is 4.85 Å². The highest BCUT2D eigenvalue weighted by Gasteiger charge is 2.28. The topological polar surface area (TPSA) is 79.2 Å². The van der Waals surface area contributed by atoms with E-state index in [1.54, 1.807) is 0 Å². The predicted molar refractivity (Wildman–Crippen MR) is 84.0 cm³/mol. The Morgan fingerprint density at radius 1 is 1.33 bits per heavy atom. The van der Waals surface area contributed by atoms with Gasteiger partial charge in [0.25, 0.3) is 0 Å². The van der Waals surface area contributed by atoms with Crippen molar-refractivity contribution in [1.82, 2.24) is 4.98 Å². The maximum absolute atomic E-state index is 12.1. The average molecular weight is 350 g/mol. The van der Waals surface area contributed by atoms with Crippen LogP contribution in [0.2, 0.25) is 0 Å². The zero-order valence-corrected chi connectivity index (χ0v) is 12.8. The van der Waals surface area contributed by atoms with Crippen LogP contribution in [0.5, 0.6) is 5.75 Å². The zero-order valence-electron chi connectivity index (χ0n) is 11.9. The summed E-state index contributed by atoms with van der Waals surface area (Å²) in [5.41, 5.74) is 6.46. The van der Waals surface area contributed by atoms with Crippen LogP contribution in [0.3, 0.4) is 0 Å². The van der Waals surface area contributed by atoms with Crippen LogP contribution in [-0.4, -0.2) is 17.8 Å². The molecule has 5 nitrogen and oxygen atoms in total. The lowest BCUT2D eigenvalue weighted by Crippen LogP contribution is -2.19. The number of aromatic nitrogens is 1. The van der Waals surface area contributed by atoms with Crippen LogP contribution >= 0.6 is 12.2 Å². The lowest BCUT2D eigenvalue weighted by atomic mass is 10.00. The van der Waals surface area contributed by atoms with Gasteiger partial charge >= 0.3 is 6.18 Å². The smallest absolute Gasteiger partial charge is 0.422 e. The normalized spacial score (nSPS) is 10.7. The molecule has 0 aliphatic rings. The minimum Gasteiger partial charge on any atom is -0.484 e. The molecule has 0 aliphatic carbocycles. The molecule has 0 unspecified atom stereocenters. The number of nitrogens with two attached hydrogens (primary N) is 1. The Balaban J connectivity index is 2.48. The van der Waals surface area contributed by atoms with Gasteiger partial charge in [0.05, 0.1) is 12.1 Å². The van der Waals surface area contributed by atoms with Crippen molar-refractivity contribution < 1.29 is 17.9 Å². The molecule has 0 aliphatic heterocycles. The second kappa shape index (κ2) is 6.60. The van der Waals surface area contributed by atoms with Gasteiger partial charge in [0.2, 0.25) is 5.69 Å². The standard InChI is InChI=1S/C15H9F3N4OS/c1-21-12-11(10(6-19)14(24)22-13(12)20)8-2-4-9(5-3-8)23-7-15(16,17)18/h2-5H,7H2,(H3,20,22,24). The molecule has 0 spiro atoms. The van der Waals surface area contributed by atoms with Crippen molar-refractivity contribution in [2.45, 2.75) is 6.18 Å². The molecule has 24 heavy (non-hydrogen) atoms. The molecule has 2 rings (SSSR count). The number of nitrogens with one attached hydrogen (secondary N) is 1. The van der Waals surface area contributed by atoms with Crippen LogP contribution in [0.1, 0.15) is 5.56 Å². The third kappa shape index (κ3) is 3.65. The van der Waals surface area contributed by atoms with Gasteiger partial charge in [0, 0.05) is 5.56 Å². The van der Waals surface area contributed by atoms with Crippen molar-refractivity contribution in [1.29, 1.82) is 5.26 Å². The lowest BCUT2D eigenvalue weighted by Gasteiger charge is -2.12. The summed E-state index contributed by atoms with van der Waals surface area (Å²) in [5.74, 6) is 0.0226. The van der Waals surface area contributed by atoms with E-state index in [1.165, 1.54) is 24.3 Å². The third-order valence-corrected chi connectivity index (χ3v) is 3.29. The van der Waals surface area contributed by atoms with E-state index < -0.39 is 12.8 Å². The minimum absolute atomic E-state index is 0.00741. The first-order valence-electron chi connectivity index (χ1n) is 6.40. The van der Waals surface area contributed by atoms with Gasteiger partial charge in [-0.05, 0) is 17.7 Å². The van der Waals surface area contributed by atoms with Crippen molar-refractivity contribution in [3.63, 3.8) is 0 Å². The first kappa shape index (κ1) is 17.3. The molecule has 0 atom stereocenters. The van der Waals surface area contributed by atoms with Crippen molar-refractivity contribution in [2.75, 3.05) is 12.3 Å². The number of nitrogens with zero attached hydrogens (tertiary/aromatic N) is 2. The fourth-order valence-electron chi connectivity index (χ4n) is 2.00. The van der Waals surface area contributed by atoms with Gasteiger partial charge < -0.3 is 15.5 Å². The van der Waals surface area contributed by atoms with Gasteiger partial charge in [-0.3, -0.25) is 0 Å². The van der Waals surface area contributed by atoms with Crippen molar-refractivity contribution >= 4 is 23.7 Å². The van der Waals surface area contributed by atoms with E-state index in [9.17, 15) is 18.4 Å². The Morgan fingerprint density at radius 3 is 2.46 bits per heavy atom. The van der Waals surface area contributed by atoms with Gasteiger partial charge in [-0.2, -0.15) is 18.4 Å². The molecule has 3 N–H and O–H groups in total. The number of benzene rings is 1. The number of hydrogen-bond donors (Lipinski definition) is 2. The number of aromatic amines is 1. The van der Waals surface area contributed by atoms with E-state index in [1.807, 2.05) is 6.07 Å². The number of halogens is 3. The van der Waals surface area contributed by atoms with Crippen LogP contribution in [0.4, 0.5) is 24.7 Å². The average Bonchev–Trinajstić information content (AvgIpc) is 2.52. The van der Waals surface area contributed by atoms with Gasteiger partial charge in [0.1, 0.15) is 22.3 Å². The number of hydrogen-bond acceptors (Lipinski definition) is 4. The molecule has 0 saturated heterocycles. The summed E-state index contributed by atoms with van der Waals surface area (Å²) in [6, 6.07) is 7.40. The van der Waals surface area contributed by atoms with Gasteiger partial charge in [-0.1, -0.05) is 24.4 Å². The Hall–Kier alpha value is -3.04. The summed E-state index contributed by atoms with van der Waals surface area (Å²) < 4.78 is 41.1. The second-order valence-corrected chi connectivity index (χ2v) is 5.03. The monoisotopic (exact) mass is 350 g/mol. The molecule has 2 aromatic rings. The Bertz CT molecular complexity index is 905. The summed E-state index contributed by atoms with van der Waals surface area (Å²) in [4.78, 5) is 5.88. The molecule has 0 fully saturated rings. The number of alkyl halides is 3. The van der Waals surface area contributed by atoms with Crippen LogP contribution in [-0.2, 0) is 0 Å². The maximum atomic E-state index is 12.1. The van der Waals surface area contributed by atoms with E-state index in [2.05, 4.69) is 14.6 Å². The van der Waals surface area contributed by atoms with E-state index in [-0.39, 0.29) is 33.0 Å². The molecule has 122 valence electrons. The highest BCUT2D eigenvalue weighted by molar-refractivity contribution is 7.71. The summed E-state index contributed by atoms with van der Waals surface area (Å²) >= 11 is 5.03. The second-order valence-electron chi connectivity index (χ2n) is 4.62. The molecule has 1 aromatic heterocycles. The number of anilines is 1. The van der Waals surface area contributed by atoms with E-state index in [0.29, 0.717) is 5.56 Å². The van der Waals surface area contributed by atoms with Crippen LogP contribution in [0.25, 0.3) is 16.0 Å². The fourth-order valence-corrected chi connectivity index (χ4v) is 2.26. The summed E-state index contributed by atoms with van der Waals surface area (Å²) in [5, 5.41) is 9.27. The highest BCUT2D eigenvalue weighted by Crippen LogP contribution is 2.38. The molecule has 0 saturated carbocycles. The predicted octanol–water partition coefficient (Wildman–Crippen LogP) is 4.36. The number of H-pyrrole nitrogens is 1. The molecule has 0 bridgehead atoms. The number of nitriles is 1. The number of nitrogen functional groups attached to an aromatic ring is 1. The molecule has 1 heterocycles. The molecule has 0 amide bonds. The molecule has 1 aromatic carbocycles.